The van der Waals surface area contributed by atoms with Gasteiger partial charge in [-0.05, 0) is 74.8 Å². The van der Waals surface area contributed by atoms with Crippen LogP contribution in [0.4, 0.5) is 4.79 Å². The van der Waals surface area contributed by atoms with Crippen LogP contribution < -0.4 is 18.9 Å². The molecule has 15 heteroatoms. The molecule has 1 saturated heterocycles. The Bertz CT molecular complexity index is 1900. The third-order valence-electron chi connectivity index (χ3n) is 10.7. The molecule has 6 atom stereocenters. The molecule has 2 fully saturated rings. The molecule has 1 saturated carbocycles. The number of aromatic amines is 1. The number of carbonyl (C=O) groups excluding carboxylic acids is 5. The molecule has 0 unspecified atom stereocenters. The van der Waals surface area contributed by atoms with Gasteiger partial charge in [0.1, 0.15) is 23.7 Å². The number of ether oxygens (including phenoxy) is 8. The van der Waals surface area contributed by atoms with Gasteiger partial charge < -0.3 is 47.7 Å². The number of methoxy groups -OCH3 is 4. The Kier molecular flexibility index (Phi) is 11.8. The van der Waals surface area contributed by atoms with Gasteiger partial charge in [0.2, 0.25) is 5.75 Å². The second kappa shape index (κ2) is 16.5. The normalized spacial score (nSPS) is 23.2. The number of ketones is 1. The third kappa shape index (κ3) is 7.73. The summed E-state index contributed by atoms with van der Waals surface area (Å²) in [6.45, 7) is 4.61. The van der Waals surface area contributed by atoms with Crippen molar-refractivity contribution in [2.75, 3.05) is 48.1 Å². The van der Waals surface area contributed by atoms with E-state index in [1.165, 1.54) is 53.1 Å². The summed E-state index contributed by atoms with van der Waals surface area (Å²) in [7, 11) is 5.55. The van der Waals surface area contributed by atoms with E-state index in [0.717, 1.165) is 29.6 Å². The van der Waals surface area contributed by atoms with Crippen molar-refractivity contribution in [3.63, 3.8) is 0 Å². The van der Waals surface area contributed by atoms with Gasteiger partial charge in [-0.1, -0.05) is 0 Å². The van der Waals surface area contributed by atoms with Crippen molar-refractivity contribution in [1.29, 1.82) is 0 Å². The van der Waals surface area contributed by atoms with Crippen molar-refractivity contribution < 1.29 is 61.9 Å². The highest BCUT2D eigenvalue weighted by molar-refractivity contribution is 5.92. The first-order valence-electron chi connectivity index (χ1n) is 18.0. The lowest BCUT2D eigenvalue weighted by atomic mass is 9.63. The maximum atomic E-state index is 13.8. The Morgan fingerprint density at radius 2 is 1.67 bits per heavy atom. The highest BCUT2D eigenvalue weighted by Crippen LogP contribution is 2.51. The SMILES string of the molecule is CCOC(=O)Oc1c(OC)cc(C(=O)O[C@@H]2C[C@@H]3CN4CCc5c([nH]c6cc(OC(=O)CCC(C)=O)ccc56)[C@H]4C[C@@H]3[C@H](C(=O)OC)[C@H]2OC)cc1OC. The van der Waals surface area contributed by atoms with E-state index in [-0.39, 0.29) is 65.9 Å². The first kappa shape index (κ1) is 38.6. The van der Waals surface area contributed by atoms with Crippen LogP contribution in [0.2, 0.25) is 0 Å². The van der Waals surface area contributed by atoms with Gasteiger partial charge >= 0.3 is 24.1 Å². The Labute approximate surface area is 312 Å². The van der Waals surface area contributed by atoms with E-state index in [0.29, 0.717) is 25.1 Å². The van der Waals surface area contributed by atoms with Crippen LogP contribution in [0.1, 0.15) is 67.2 Å². The largest absolute Gasteiger partial charge is 0.514 e. The van der Waals surface area contributed by atoms with Crippen LogP contribution in [-0.4, -0.2) is 100 Å². The standard InChI is InChI=1S/C39H46N2O13/c1-7-51-39(46)54-35-29(47-3)14-21(15-30(35)48-4)37(44)53-31-16-22-19-41-13-12-25-24-10-9-23(52-32(43)11-8-20(2)42)17-27(24)40-34(25)28(41)18-26(22)33(36(31)49-5)38(45)50-6/h9-10,14-15,17,22,26,28,31,33,36,40H,7-8,11-13,16,18-19H2,1-6H3/t22-,26+,28-,31-,33+,36+/m1/s1. The van der Waals surface area contributed by atoms with Gasteiger partial charge in [-0.2, -0.15) is 0 Å². The number of benzene rings is 2. The highest BCUT2D eigenvalue weighted by Gasteiger charge is 2.54. The summed E-state index contributed by atoms with van der Waals surface area (Å²) in [6, 6.07) is 8.25. The fraction of sp³-hybridized carbons (Fsp3) is 0.513. The van der Waals surface area contributed by atoms with Crippen molar-refractivity contribution in [2.45, 2.75) is 64.2 Å². The molecule has 15 nitrogen and oxygen atoms in total. The van der Waals surface area contributed by atoms with Crippen molar-refractivity contribution >= 4 is 40.7 Å². The van der Waals surface area contributed by atoms with E-state index in [4.69, 9.17) is 37.9 Å². The second-order valence-electron chi connectivity index (χ2n) is 13.7. The first-order chi connectivity index (χ1) is 26.0. The lowest BCUT2D eigenvalue weighted by Gasteiger charge is -2.52. The number of aromatic nitrogens is 1. The van der Waals surface area contributed by atoms with E-state index < -0.39 is 42.2 Å². The zero-order valence-electron chi connectivity index (χ0n) is 31.3. The van der Waals surface area contributed by atoms with Gasteiger partial charge in [0.25, 0.3) is 0 Å². The summed E-state index contributed by atoms with van der Waals surface area (Å²) in [5, 5.41) is 1.04. The van der Waals surface area contributed by atoms with Crippen molar-refractivity contribution in [3.8, 4) is 23.0 Å². The van der Waals surface area contributed by atoms with Gasteiger partial charge in [-0.3, -0.25) is 14.5 Å². The molecule has 1 aliphatic carbocycles. The number of carbonyl (C=O) groups is 5. The Morgan fingerprint density at radius 1 is 0.926 bits per heavy atom. The molecule has 54 heavy (non-hydrogen) atoms. The van der Waals surface area contributed by atoms with E-state index in [1.54, 1.807) is 19.1 Å². The molecule has 3 heterocycles. The molecular weight excluding hydrogens is 704 g/mol. The molecule has 1 N–H and O–H groups in total. The van der Waals surface area contributed by atoms with Crippen LogP contribution in [0, 0.1) is 17.8 Å². The summed E-state index contributed by atoms with van der Waals surface area (Å²) in [4.78, 5) is 69.0. The number of Topliss-reactive ketones (excluding diaryl/α,β-unsaturated/α-hetero) is 1. The van der Waals surface area contributed by atoms with Crippen LogP contribution in [-0.2, 0) is 39.8 Å². The zero-order chi connectivity index (χ0) is 38.7. The maximum absolute atomic E-state index is 13.8. The Balaban J connectivity index is 1.23. The maximum Gasteiger partial charge on any atom is 0.514 e. The van der Waals surface area contributed by atoms with Gasteiger partial charge in [0, 0.05) is 49.3 Å². The number of nitrogens with one attached hydrogen (secondary N) is 1. The molecule has 2 aromatic carbocycles. The Hall–Kier alpha value is -5.15. The van der Waals surface area contributed by atoms with E-state index in [1.807, 2.05) is 6.07 Å². The minimum Gasteiger partial charge on any atom is -0.493 e. The summed E-state index contributed by atoms with van der Waals surface area (Å²) in [6.07, 6.45) is -0.529. The van der Waals surface area contributed by atoms with Gasteiger partial charge in [0.15, 0.2) is 11.5 Å². The molecule has 0 radical (unpaired) electrons. The molecule has 290 valence electrons. The number of esters is 3. The predicted molar refractivity (Wildman–Crippen MR) is 191 cm³/mol. The van der Waals surface area contributed by atoms with Crippen molar-refractivity contribution in [1.82, 2.24) is 9.88 Å². The molecule has 0 amide bonds. The first-order valence-corrected chi connectivity index (χ1v) is 18.0. The van der Waals surface area contributed by atoms with Crippen molar-refractivity contribution in [2.24, 2.45) is 17.8 Å². The molecule has 2 aliphatic heterocycles. The van der Waals surface area contributed by atoms with E-state index >= 15 is 0 Å². The third-order valence-corrected chi connectivity index (χ3v) is 10.7. The van der Waals surface area contributed by atoms with Crippen LogP contribution in [0.15, 0.2) is 30.3 Å². The summed E-state index contributed by atoms with van der Waals surface area (Å²) >= 11 is 0. The molecule has 6 rings (SSSR count). The summed E-state index contributed by atoms with van der Waals surface area (Å²) in [5.74, 6) is -2.14. The van der Waals surface area contributed by atoms with Crippen LogP contribution in [0.3, 0.4) is 0 Å². The van der Waals surface area contributed by atoms with Crippen LogP contribution in [0.5, 0.6) is 23.0 Å². The number of H-pyrrole nitrogens is 1. The van der Waals surface area contributed by atoms with E-state index in [2.05, 4.69) is 9.88 Å². The smallest absolute Gasteiger partial charge is 0.493 e. The number of nitrogens with zero attached hydrogens (tertiary/aromatic N) is 1. The molecule has 0 bridgehead atoms. The fourth-order valence-corrected chi connectivity index (χ4v) is 8.29. The minimum atomic E-state index is -0.961. The van der Waals surface area contributed by atoms with Gasteiger partial charge in [-0.25, -0.2) is 9.59 Å². The molecule has 1 aromatic heterocycles. The number of fused-ring (bicyclic) bond motifs is 6. The number of rotatable bonds is 12. The highest BCUT2D eigenvalue weighted by atomic mass is 16.7. The molecule has 0 spiro atoms. The predicted octanol–water partition coefficient (Wildman–Crippen LogP) is 4.96. The minimum absolute atomic E-state index is 0.0165. The van der Waals surface area contributed by atoms with Crippen LogP contribution >= 0.6 is 0 Å². The van der Waals surface area contributed by atoms with Crippen LogP contribution in [0.25, 0.3) is 10.9 Å². The molecular formula is C39H46N2O13. The fourth-order valence-electron chi connectivity index (χ4n) is 8.29. The van der Waals surface area contributed by atoms with Gasteiger partial charge in [0.05, 0.1) is 51.9 Å². The average molecular weight is 751 g/mol. The number of hydrogen-bond donors (Lipinski definition) is 1. The quantitative estimate of drug-likeness (QED) is 0.114. The summed E-state index contributed by atoms with van der Waals surface area (Å²) in [5.41, 5.74) is 3.15. The lowest BCUT2D eigenvalue weighted by molar-refractivity contribution is -0.176. The lowest BCUT2D eigenvalue weighted by Crippen LogP contribution is -2.58. The Morgan fingerprint density at radius 3 is 2.31 bits per heavy atom. The second-order valence-corrected chi connectivity index (χ2v) is 13.7. The zero-order valence-corrected chi connectivity index (χ0v) is 31.3. The average Bonchev–Trinajstić information content (AvgIpc) is 3.53. The topological polar surface area (TPSA) is 178 Å². The van der Waals surface area contributed by atoms with Crippen molar-refractivity contribution in [3.05, 3.63) is 47.2 Å². The molecule has 3 aliphatic rings. The number of piperidine rings is 1. The number of hydrogen-bond acceptors (Lipinski definition) is 14. The summed E-state index contributed by atoms with van der Waals surface area (Å²) < 4.78 is 43.9. The monoisotopic (exact) mass is 750 g/mol. The van der Waals surface area contributed by atoms with Gasteiger partial charge in [-0.15, -0.1) is 0 Å². The molecule has 3 aromatic rings. The van der Waals surface area contributed by atoms with E-state index in [9.17, 15) is 24.0 Å².